The molecule has 0 aromatic heterocycles. The summed E-state index contributed by atoms with van der Waals surface area (Å²) in [4.78, 5) is 12.2. The maximum absolute atomic E-state index is 12.2. The molecule has 3 N–H and O–H groups in total. The summed E-state index contributed by atoms with van der Waals surface area (Å²) in [7, 11) is -3.20. The molecule has 6 nitrogen and oxygen atoms in total. The quantitative estimate of drug-likeness (QED) is 0.864. The van der Waals surface area contributed by atoms with Crippen molar-refractivity contribution in [3.8, 4) is 0 Å². The summed E-state index contributed by atoms with van der Waals surface area (Å²) in [5.74, 6) is -0.0216. The zero-order valence-corrected chi connectivity index (χ0v) is 14.0. The highest BCUT2D eigenvalue weighted by Crippen LogP contribution is 2.26. The summed E-state index contributed by atoms with van der Waals surface area (Å²) >= 11 is 0. The Hall–Kier alpha value is -1.60. The number of nitrogens with zero attached hydrogens (tertiary/aromatic N) is 1. The average Bonchev–Trinajstić information content (AvgIpc) is 2.74. The monoisotopic (exact) mass is 325 g/mol. The predicted molar refractivity (Wildman–Crippen MR) is 87.5 cm³/mol. The van der Waals surface area contributed by atoms with E-state index in [1.165, 1.54) is 4.31 Å². The Morgan fingerprint density at radius 1 is 1.41 bits per heavy atom. The number of nitrogens with one attached hydrogen (secondary N) is 1. The SMILES string of the molecule is Cc1cc(N2CCCS2(=O)=O)ccc1C(=O)NCC(C)(C)N. The summed E-state index contributed by atoms with van der Waals surface area (Å²) in [6.07, 6.45) is 0.634. The fourth-order valence-electron chi connectivity index (χ4n) is 2.39. The molecule has 0 unspecified atom stereocenters. The van der Waals surface area contributed by atoms with Gasteiger partial charge in [0.1, 0.15) is 0 Å². The molecule has 1 amide bonds. The first-order valence-electron chi connectivity index (χ1n) is 7.28. The predicted octanol–water partition coefficient (Wildman–Crippen LogP) is 1.00. The molecule has 1 aromatic carbocycles. The van der Waals surface area contributed by atoms with Gasteiger partial charge in [-0.15, -0.1) is 0 Å². The number of nitrogens with two attached hydrogens (primary N) is 1. The van der Waals surface area contributed by atoms with E-state index in [4.69, 9.17) is 5.73 Å². The Bertz CT molecular complexity index is 678. The minimum atomic E-state index is -3.20. The second kappa shape index (κ2) is 5.89. The van der Waals surface area contributed by atoms with E-state index in [2.05, 4.69) is 5.32 Å². The van der Waals surface area contributed by atoms with Gasteiger partial charge in [0.15, 0.2) is 0 Å². The number of benzene rings is 1. The van der Waals surface area contributed by atoms with Gasteiger partial charge >= 0.3 is 0 Å². The molecule has 1 heterocycles. The lowest BCUT2D eigenvalue weighted by Gasteiger charge is -2.20. The van der Waals surface area contributed by atoms with E-state index in [-0.39, 0.29) is 11.7 Å². The van der Waals surface area contributed by atoms with Crippen molar-refractivity contribution in [3.05, 3.63) is 29.3 Å². The molecule has 1 aliphatic rings. The van der Waals surface area contributed by atoms with Crippen molar-refractivity contribution in [2.75, 3.05) is 23.1 Å². The Morgan fingerprint density at radius 3 is 2.59 bits per heavy atom. The van der Waals surface area contributed by atoms with Gasteiger partial charge in [0.25, 0.3) is 5.91 Å². The Labute approximate surface area is 131 Å². The van der Waals surface area contributed by atoms with Gasteiger partial charge in [-0.2, -0.15) is 0 Å². The standard InChI is InChI=1S/C15H23N3O3S/c1-11-9-12(18-7-4-8-22(18,20)21)5-6-13(11)14(19)17-10-15(2,3)16/h5-6,9H,4,7-8,10,16H2,1-3H3,(H,17,19). The fourth-order valence-corrected chi connectivity index (χ4v) is 3.95. The highest BCUT2D eigenvalue weighted by Gasteiger charge is 2.28. The number of sulfonamides is 1. The number of anilines is 1. The molecule has 0 spiro atoms. The molecule has 0 radical (unpaired) electrons. The van der Waals surface area contributed by atoms with Gasteiger partial charge in [-0.05, 0) is 51.0 Å². The third kappa shape index (κ3) is 3.78. The first-order chi connectivity index (χ1) is 10.1. The second-order valence-corrected chi connectivity index (χ2v) is 8.43. The lowest BCUT2D eigenvalue weighted by atomic mass is 10.1. The largest absolute Gasteiger partial charge is 0.350 e. The highest BCUT2D eigenvalue weighted by molar-refractivity contribution is 7.93. The van der Waals surface area contributed by atoms with Gasteiger partial charge in [0.05, 0.1) is 11.4 Å². The van der Waals surface area contributed by atoms with E-state index in [1.54, 1.807) is 25.1 Å². The van der Waals surface area contributed by atoms with Crippen LogP contribution in [-0.4, -0.2) is 38.7 Å². The third-order valence-corrected chi connectivity index (χ3v) is 5.42. The zero-order chi connectivity index (χ0) is 16.5. The van der Waals surface area contributed by atoms with Crippen LogP contribution in [0.4, 0.5) is 5.69 Å². The van der Waals surface area contributed by atoms with Gasteiger partial charge in [-0.3, -0.25) is 9.10 Å². The molecule has 7 heteroatoms. The number of rotatable bonds is 4. The summed E-state index contributed by atoms with van der Waals surface area (Å²) in [6.45, 7) is 6.33. The molecular formula is C15H23N3O3S. The van der Waals surface area contributed by atoms with Crippen molar-refractivity contribution in [2.24, 2.45) is 5.73 Å². The Balaban J connectivity index is 2.18. The summed E-state index contributed by atoms with van der Waals surface area (Å²) < 4.78 is 25.3. The van der Waals surface area contributed by atoms with Crippen LogP contribution in [-0.2, 0) is 10.0 Å². The molecule has 22 heavy (non-hydrogen) atoms. The topological polar surface area (TPSA) is 92.5 Å². The average molecular weight is 325 g/mol. The van der Waals surface area contributed by atoms with Crippen molar-refractivity contribution in [2.45, 2.75) is 32.7 Å². The van der Waals surface area contributed by atoms with Crippen LogP contribution < -0.4 is 15.4 Å². The number of hydrogen-bond donors (Lipinski definition) is 2. The molecule has 1 saturated heterocycles. The second-order valence-electron chi connectivity index (χ2n) is 6.41. The van der Waals surface area contributed by atoms with Gasteiger partial charge in [-0.1, -0.05) is 0 Å². The first kappa shape index (κ1) is 16.8. The molecule has 2 rings (SSSR count). The van der Waals surface area contributed by atoms with Crippen molar-refractivity contribution in [1.29, 1.82) is 0 Å². The number of aryl methyl sites for hydroxylation is 1. The van der Waals surface area contributed by atoms with E-state index in [0.717, 1.165) is 5.56 Å². The lowest BCUT2D eigenvalue weighted by Crippen LogP contribution is -2.45. The molecule has 1 fully saturated rings. The zero-order valence-electron chi connectivity index (χ0n) is 13.2. The van der Waals surface area contributed by atoms with Crippen molar-refractivity contribution < 1.29 is 13.2 Å². The minimum absolute atomic E-state index is 0.180. The Morgan fingerprint density at radius 2 is 2.09 bits per heavy atom. The van der Waals surface area contributed by atoms with E-state index < -0.39 is 15.6 Å². The van der Waals surface area contributed by atoms with E-state index >= 15 is 0 Å². The van der Waals surface area contributed by atoms with Crippen LogP contribution in [0.1, 0.15) is 36.2 Å². The van der Waals surface area contributed by atoms with E-state index in [0.29, 0.717) is 30.8 Å². The minimum Gasteiger partial charge on any atom is -0.350 e. The highest BCUT2D eigenvalue weighted by atomic mass is 32.2. The molecule has 0 saturated carbocycles. The maximum atomic E-state index is 12.2. The normalized spacial score (nSPS) is 17.5. The van der Waals surface area contributed by atoms with E-state index in [9.17, 15) is 13.2 Å². The molecule has 0 bridgehead atoms. The number of carbonyl (C=O) groups excluding carboxylic acids is 1. The molecule has 122 valence electrons. The van der Waals surface area contributed by atoms with Crippen LogP contribution in [0.3, 0.4) is 0 Å². The molecular weight excluding hydrogens is 302 g/mol. The van der Waals surface area contributed by atoms with Crippen molar-refractivity contribution in [1.82, 2.24) is 5.32 Å². The Kier molecular flexibility index (Phi) is 4.49. The van der Waals surface area contributed by atoms with Gasteiger partial charge in [-0.25, -0.2) is 8.42 Å². The summed E-state index contributed by atoms with van der Waals surface area (Å²) in [5.41, 5.74) is 7.26. The number of carbonyl (C=O) groups is 1. The smallest absolute Gasteiger partial charge is 0.251 e. The van der Waals surface area contributed by atoms with Gasteiger partial charge < -0.3 is 11.1 Å². The van der Waals surface area contributed by atoms with E-state index in [1.807, 2.05) is 13.8 Å². The van der Waals surface area contributed by atoms with Crippen LogP contribution in [0.15, 0.2) is 18.2 Å². The molecule has 0 atom stereocenters. The van der Waals surface area contributed by atoms with Gasteiger partial charge in [0, 0.05) is 24.2 Å². The lowest BCUT2D eigenvalue weighted by molar-refractivity contribution is 0.0945. The molecule has 0 aliphatic carbocycles. The van der Waals surface area contributed by atoms with Crippen LogP contribution in [0.5, 0.6) is 0 Å². The van der Waals surface area contributed by atoms with Gasteiger partial charge in [0.2, 0.25) is 10.0 Å². The van der Waals surface area contributed by atoms with Crippen LogP contribution in [0, 0.1) is 6.92 Å². The summed E-state index contributed by atoms with van der Waals surface area (Å²) in [5, 5.41) is 2.79. The maximum Gasteiger partial charge on any atom is 0.251 e. The fraction of sp³-hybridized carbons (Fsp3) is 0.533. The molecule has 1 aromatic rings. The van der Waals surface area contributed by atoms with Crippen LogP contribution >= 0.6 is 0 Å². The van der Waals surface area contributed by atoms with Crippen molar-refractivity contribution >= 4 is 21.6 Å². The third-order valence-electron chi connectivity index (χ3n) is 3.55. The van der Waals surface area contributed by atoms with Crippen LogP contribution in [0.2, 0.25) is 0 Å². The molecule has 1 aliphatic heterocycles. The number of amides is 1. The number of hydrogen-bond acceptors (Lipinski definition) is 4. The van der Waals surface area contributed by atoms with Crippen molar-refractivity contribution in [3.63, 3.8) is 0 Å². The van der Waals surface area contributed by atoms with Crippen LogP contribution in [0.25, 0.3) is 0 Å². The summed E-state index contributed by atoms with van der Waals surface area (Å²) in [6, 6.07) is 5.08. The first-order valence-corrected chi connectivity index (χ1v) is 8.89.